The van der Waals surface area contributed by atoms with E-state index in [1.165, 1.54) is 6.07 Å². The molecule has 1 fully saturated rings. The van der Waals surface area contributed by atoms with E-state index in [1.807, 2.05) is 29.8 Å². The number of benzene rings is 1. The fraction of sp³-hybridized carbons (Fsp3) is 0.360. The molecule has 1 amide bonds. The van der Waals surface area contributed by atoms with Crippen molar-refractivity contribution in [3.63, 3.8) is 0 Å². The van der Waals surface area contributed by atoms with Gasteiger partial charge < -0.3 is 14.2 Å². The van der Waals surface area contributed by atoms with Gasteiger partial charge in [-0.2, -0.15) is 0 Å². The molecule has 0 spiro atoms. The first-order chi connectivity index (χ1) is 16.5. The maximum atomic E-state index is 15.4. The summed E-state index contributed by atoms with van der Waals surface area (Å²) in [6, 6.07) is 7.01. The van der Waals surface area contributed by atoms with Gasteiger partial charge in [0.05, 0.1) is 39.0 Å². The molecule has 34 heavy (non-hydrogen) atoms. The molecule has 0 bridgehead atoms. The topological polar surface area (TPSA) is 73.1 Å². The number of ether oxygens (including phenoxy) is 1. The van der Waals surface area contributed by atoms with Crippen LogP contribution in [0.4, 0.5) is 4.39 Å². The van der Waals surface area contributed by atoms with Crippen molar-refractivity contribution in [2.75, 3.05) is 20.3 Å². The van der Waals surface area contributed by atoms with Gasteiger partial charge in [0, 0.05) is 43.3 Å². The quantitative estimate of drug-likeness (QED) is 0.433. The number of carbonyl (C=O) groups excluding carboxylic acids is 1. The summed E-state index contributed by atoms with van der Waals surface area (Å²) in [5.74, 6) is 0.745. The van der Waals surface area contributed by atoms with Crippen LogP contribution in [-0.2, 0) is 22.6 Å². The molecule has 174 valence electrons. The fourth-order valence-corrected chi connectivity index (χ4v) is 5.66. The molecule has 0 saturated carbocycles. The lowest BCUT2D eigenvalue weighted by atomic mass is 9.99. The lowest BCUT2D eigenvalue weighted by Crippen LogP contribution is -2.37. The Balaban J connectivity index is 1.53. The predicted molar refractivity (Wildman–Crippen MR) is 128 cm³/mol. The molecule has 2 aliphatic heterocycles. The van der Waals surface area contributed by atoms with Gasteiger partial charge >= 0.3 is 0 Å². The van der Waals surface area contributed by atoms with Crippen LogP contribution in [-0.4, -0.2) is 50.6 Å². The number of fused-ring (bicyclic) bond motifs is 2. The number of aryl methyl sites for hydroxylation is 1. The molecule has 0 unspecified atom stereocenters. The molecule has 5 heterocycles. The average Bonchev–Trinajstić information content (AvgIpc) is 3.43. The van der Waals surface area contributed by atoms with Crippen molar-refractivity contribution in [2.45, 2.75) is 38.8 Å². The normalized spacial score (nSPS) is 16.9. The number of aromatic nitrogens is 4. The van der Waals surface area contributed by atoms with Crippen molar-refractivity contribution in [3.8, 4) is 21.8 Å². The monoisotopic (exact) mass is 477 g/mol. The number of carbonyl (C=O) groups is 1. The molecule has 7 nitrogen and oxygen atoms in total. The SMILES string of the molecule is Cc1ncc(-c2ccc3c(-c4nc(C5CCOCC5)n5c4CN(C)C(=O)C5)c(F)ccc3n2)s1. The van der Waals surface area contributed by atoms with Gasteiger partial charge in [0.25, 0.3) is 0 Å². The first-order valence-electron chi connectivity index (χ1n) is 11.4. The van der Waals surface area contributed by atoms with Gasteiger partial charge in [0.2, 0.25) is 5.91 Å². The number of amides is 1. The Kier molecular flexibility index (Phi) is 5.18. The number of nitrogens with zero attached hydrogens (tertiary/aromatic N) is 5. The number of hydrogen-bond donors (Lipinski definition) is 0. The van der Waals surface area contributed by atoms with Gasteiger partial charge in [-0.3, -0.25) is 4.79 Å². The van der Waals surface area contributed by atoms with Crippen molar-refractivity contribution >= 4 is 28.1 Å². The van der Waals surface area contributed by atoms with Crippen LogP contribution in [0.3, 0.4) is 0 Å². The molecule has 6 rings (SSSR count). The van der Waals surface area contributed by atoms with Gasteiger partial charge in [-0.15, -0.1) is 11.3 Å². The van der Waals surface area contributed by atoms with Gasteiger partial charge in [-0.25, -0.2) is 19.3 Å². The summed E-state index contributed by atoms with van der Waals surface area (Å²) < 4.78 is 23.0. The van der Waals surface area contributed by atoms with Crippen LogP contribution in [0.15, 0.2) is 30.5 Å². The summed E-state index contributed by atoms with van der Waals surface area (Å²) in [5, 5.41) is 1.68. The van der Waals surface area contributed by atoms with Crippen molar-refractivity contribution in [2.24, 2.45) is 0 Å². The van der Waals surface area contributed by atoms with Crippen LogP contribution >= 0.6 is 11.3 Å². The van der Waals surface area contributed by atoms with E-state index in [4.69, 9.17) is 14.7 Å². The fourth-order valence-electron chi connectivity index (χ4n) is 4.91. The molecule has 4 aromatic rings. The van der Waals surface area contributed by atoms with Gasteiger partial charge in [0.15, 0.2) is 0 Å². The van der Waals surface area contributed by atoms with Gasteiger partial charge in [0.1, 0.15) is 18.2 Å². The Labute approximate surface area is 200 Å². The molecule has 1 saturated heterocycles. The summed E-state index contributed by atoms with van der Waals surface area (Å²) in [4.78, 5) is 29.4. The zero-order chi connectivity index (χ0) is 23.4. The first-order valence-corrected chi connectivity index (χ1v) is 12.2. The third-order valence-electron chi connectivity index (χ3n) is 6.73. The van der Waals surface area contributed by atoms with Crippen molar-refractivity contribution < 1.29 is 13.9 Å². The molecule has 0 N–H and O–H groups in total. The highest BCUT2D eigenvalue weighted by atomic mass is 32.1. The Bertz CT molecular complexity index is 1420. The second-order valence-corrected chi connectivity index (χ2v) is 10.2. The van der Waals surface area contributed by atoms with Gasteiger partial charge in [-0.05, 0) is 44.0 Å². The van der Waals surface area contributed by atoms with E-state index in [2.05, 4.69) is 4.98 Å². The zero-order valence-electron chi connectivity index (χ0n) is 19.0. The maximum absolute atomic E-state index is 15.4. The van der Waals surface area contributed by atoms with E-state index in [1.54, 1.807) is 29.4 Å². The Morgan fingerprint density at radius 3 is 2.71 bits per heavy atom. The van der Waals surface area contributed by atoms with Crippen molar-refractivity contribution in [1.82, 2.24) is 24.4 Å². The highest BCUT2D eigenvalue weighted by Gasteiger charge is 2.32. The van der Waals surface area contributed by atoms with Crippen LogP contribution in [0, 0.1) is 12.7 Å². The minimum atomic E-state index is -0.338. The van der Waals surface area contributed by atoms with Crippen LogP contribution in [0.5, 0.6) is 0 Å². The van der Waals surface area contributed by atoms with E-state index < -0.39 is 0 Å². The highest BCUT2D eigenvalue weighted by molar-refractivity contribution is 7.15. The minimum Gasteiger partial charge on any atom is -0.381 e. The summed E-state index contributed by atoms with van der Waals surface area (Å²) in [6.45, 7) is 3.92. The van der Waals surface area contributed by atoms with Crippen LogP contribution < -0.4 is 0 Å². The average molecular weight is 478 g/mol. The number of halogens is 1. The van der Waals surface area contributed by atoms with E-state index >= 15 is 4.39 Å². The van der Waals surface area contributed by atoms with E-state index in [0.717, 1.165) is 39.9 Å². The van der Waals surface area contributed by atoms with E-state index in [-0.39, 0.29) is 24.2 Å². The second kappa shape index (κ2) is 8.25. The number of imidazole rings is 1. The first kappa shape index (κ1) is 21.4. The third-order valence-corrected chi connectivity index (χ3v) is 7.66. The third kappa shape index (κ3) is 3.50. The minimum absolute atomic E-state index is 0.0364. The lowest BCUT2D eigenvalue weighted by Gasteiger charge is -2.28. The van der Waals surface area contributed by atoms with E-state index in [0.29, 0.717) is 41.9 Å². The summed E-state index contributed by atoms with van der Waals surface area (Å²) in [6.07, 6.45) is 3.51. The summed E-state index contributed by atoms with van der Waals surface area (Å²) in [7, 11) is 1.78. The largest absolute Gasteiger partial charge is 0.381 e. The van der Waals surface area contributed by atoms with Gasteiger partial charge in [-0.1, -0.05) is 0 Å². The number of thiazole rings is 1. The summed E-state index contributed by atoms with van der Waals surface area (Å²) in [5.41, 5.74) is 3.44. The van der Waals surface area contributed by atoms with Crippen LogP contribution in [0.2, 0.25) is 0 Å². The van der Waals surface area contributed by atoms with Crippen LogP contribution in [0.1, 0.15) is 35.3 Å². The molecule has 2 aliphatic rings. The molecule has 3 aromatic heterocycles. The number of likely N-dealkylation sites (N-methyl/N-ethyl adjacent to an activating group) is 1. The Hall–Kier alpha value is -3.17. The predicted octanol–water partition coefficient (Wildman–Crippen LogP) is 4.54. The smallest absolute Gasteiger partial charge is 0.242 e. The Morgan fingerprint density at radius 1 is 1.12 bits per heavy atom. The molecule has 0 radical (unpaired) electrons. The maximum Gasteiger partial charge on any atom is 0.242 e. The molecular weight excluding hydrogens is 453 g/mol. The van der Waals surface area contributed by atoms with Crippen molar-refractivity contribution in [1.29, 1.82) is 0 Å². The molecule has 9 heteroatoms. The highest BCUT2D eigenvalue weighted by Crippen LogP contribution is 2.38. The zero-order valence-corrected chi connectivity index (χ0v) is 19.9. The van der Waals surface area contributed by atoms with E-state index in [9.17, 15) is 4.79 Å². The number of hydrogen-bond acceptors (Lipinski definition) is 6. The standard InChI is InChI=1S/C25H24FN5O2S/c1-14-27-11-21(34-14)19-5-3-16-18(28-19)6-4-17(26)23(16)24-20-12-30(2)22(32)13-31(20)25(29-24)15-7-9-33-10-8-15/h3-6,11,15H,7-10,12-13H2,1-2H3. The summed E-state index contributed by atoms with van der Waals surface area (Å²) >= 11 is 1.58. The lowest BCUT2D eigenvalue weighted by molar-refractivity contribution is -0.132. The molecule has 0 atom stereocenters. The molecule has 0 aliphatic carbocycles. The number of pyridine rings is 1. The number of rotatable bonds is 3. The van der Waals surface area contributed by atoms with Crippen molar-refractivity contribution in [3.05, 3.63) is 52.8 Å². The molecular formula is C25H24FN5O2S. The second-order valence-electron chi connectivity index (χ2n) is 8.92. The molecule has 1 aromatic carbocycles. The Morgan fingerprint density at radius 2 is 1.94 bits per heavy atom. The van der Waals surface area contributed by atoms with Crippen LogP contribution in [0.25, 0.3) is 32.7 Å².